The number of anilines is 1. The lowest BCUT2D eigenvalue weighted by Gasteiger charge is -2.07. The number of sulfone groups is 1. The molecule has 0 unspecified atom stereocenters. The van der Waals surface area contributed by atoms with Gasteiger partial charge in [0, 0.05) is 12.8 Å². The van der Waals surface area contributed by atoms with E-state index in [2.05, 4.69) is 16.4 Å². The summed E-state index contributed by atoms with van der Waals surface area (Å²) in [4.78, 5) is 3.93. The van der Waals surface area contributed by atoms with E-state index < -0.39 is 9.84 Å². The normalized spacial score (nSPS) is 11.3. The Hall–Kier alpha value is -1.88. The van der Waals surface area contributed by atoms with Crippen molar-refractivity contribution >= 4 is 15.5 Å². The lowest BCUT2D eigenvalue weighted by Crippen LogP contribution is -2.03. The van der Waals surface area contributed by atoms with Gasteiger partial charge in [0.1, 0.15) is 0 Å². The molecule has 0 radical (unpaired) electrons. The molecule has 0 saturated carbocycles. The SMILES string of the molecule is Cc1cccc(CNc2ccc(S(C)(=O)=O)nc2)c1. The van der Waals surface area contributed by atoms with Crippen molar-refractivity contribution in [2.45, 2.75) is 18.5 Å². The predicted octanol–water partition coefficient (Wildman–Crippen LogP) is 2.41. The number of nitrogens with one attached hydrogen (secondary N) is 1. The fourth-order valence-electron chi connectivity index (χ4n) is 1.73. The smallest absolute Gasteiger partial charge is 0.192 e. The van der Waals surface area contributed by atoms with Crippen LogP contribution >= 0.6 is 0 Å². The number of benzene rings is 1. The van der Waals surface area contributed by atoms with Gasteiger partial charge in [-0.15, -0.1) is 0 Å². The maximum absolute atomic E-state index is 11.3. The third-order valence-corrected chi connectivity index (χ3v) is 3.70. The number of aryl methyl sites for hydroxylation is 1. The molecule has 1 N–H and O–H groups in total. The number of rotatable bonds is 4. The van der Waals surface area contributed by atoms with Crippen molar-refractivity contribution in [3.8, 4) is 0 Å². The Morgan fingerprint density at radius 1 is 1.21 bits per heavy atom. The highest BCUT2D eigenvalue weighted by Crippen LogP contribution is 2.12. The van der Waals surface area contributed by atoms with Crippen LogP contribution in [0.25, 0.3) is 0 Å². The molecule has 0 fully saturated rings. The van der Waals surface area contributed by atoms with Crippen molar-refractivity contribution in [3.63, 3.8) is 0 Å². The van der Waals surface area contributed by atoms with E-state index in [9.17, 15) is 8.42 Å². The predicted molar refractivity (Wildman–Crippen MR) is 75.9 cm³/mol. The summed E-state index contributed by atoms with van der Waals surface area (Å²) < 4.78 is 22.6. The van der Waals surface area contributed by atoms with Crippen LogP contribution in [0.4, 0.5) is 5.69 Å². The summed E-state index contributed by atoms with van der Waals surface area (Å²) >= 11 is 0. The van der Waals surface area contributed by atoms with Crippen molar-refractivity contribution < 1.29 is 8.42 Å². The molecule has 0 amide bonds. The Morgan fingerprint density at radius 2 is 2.00 bits per heavy atom. The minimum atomic E-state index is -3.23. The molecule has 2 rings (SSSR count). The maximum atomic E-state index is 11.3. The topological polar surface area (TPSA) is 59.1 Å². The highest BCUT2D eigenvalue weighted by atomic mass is 32.2. The first kappa shape index (κ1) is 13.5. The maximum Gasteiger partial charge on any atom is 0.192 e. The summed E-state index contributed by atoms with van der Waals surface area (Å²) in [6.45, 7) is 2.73. The molecule has 0 spiro atoms. The number of hydrogen-bond acceptors (Lipinski definition) is 4. The van der Waals surface area contributed by atoms with Gasteiger partial charge in [0.2, 0.25) is 0 Å². The Morgan fingerprint density at radius 3 is 2.58 bits per heavy atom. The van der Waals surface area contributed by atoms with E-state index in [1.165, 1.54) is 23.4 Å². The minimum absolute atomic E-state index is 0.0913. The molecule has 1 heterocycles. The standard InChI is InChI=1S/C14H16N2O2S/c1-11-4-3-5-12(8-11)9-15-13-6-7-14(16-10-13)19(2,17)18/h3-8,10,15H,9H2,1-2H3. The molecule has 19 heavy (non-hydrogen) atoms. The first-order chi connectivity index (χ1) is 8.95. The van der Waals surface area contributed by atoms with E-state index in [1.807, 2.05) is 25.1 Å². The third-order valence-electron chi connectivity index (χ3n) is 2.70. The minimum Gasteiger partial charge on any atom is -0.380 e. The van der Waals surface area contributed by atoms with E-state index in [1.54, 1.807) is 6.07 Å². The van der Waals surface area contributed by atoms with E-state index >= 15 is 0 Å². The molecule has 0 aliphatic carbocycles. The number of hydrogen-bond donors (Lipinski definition) is 1. The molecule has 2 aromatic rings. The van der Waals surface area contributed by atoms with Crippen molar-refractivity contribution in [2.75, 3.05) is 11.6 Å². The summed E-state index contributed by atoms with van der Waals surface area (Å²) in [6, 6.07) is 11.4. The van der Waals surface area contributed by atoms with Gasteiger partial charge in [0.15, 0.2) is 14.9 Å². The fraction of sp³-hybridized carbons (Fsp3) is 0.214. The Balaban J connectivity index is 2.05. The van der Waals surface area contributed by atoms with Crippen LogP contribution in [0.1, 0.15) is 11.1 Å². The van der Waals surface area contributed by atoms with E-state index in [4.69, 9.17) is 0 Å². The van der Waals surface area contributed by atoms with Crippen LogP contribution in [-0.4, -0.2) is 19.7 Å². The van der Waals surface area contributed by atoms with E-state index in [-0.39, 0.29) is 5.03 Å². The molecule has 0 saturated heterocycles. The number of pyridine rings is 1. The quantitative estimate of drug-likeness (QED) is 0.931. The van der Waals surface area contributed by atoms with Crippen molar-refractivity contribution in [3.05, 3.63) is 53.7 Å². The Bertz CT molecular complexity index is 664. The molecule has 1 aromatic heterocycles. The van der Waals surface area contributed by atoms with Crippen LogP contribution in [0, 0.1) is 6.92 Å². The zero-order chi connectivity index (χ0) is 13.9. The van der Waals surface area contributed by atoms with Crippen molar-refractivity contribution in [1.82, 2.24) is 4.98 Å². The fourth-order valence-corrected chi connectivity index (χ4v) is 2.29. The molecule has 5 heteroatoms. The van der Waals surface area contributed by atoms with Crippen LogP contribution in [0.5, 0.6) is 0 Å². The van der Waals surface area contributed by atoms with Crippen LogP contribution in [0.2, 0.25) is 0 Å². The Labute approximate surface area is 113 Å². The summed E-state index contributed by atoms with van der Waals surface area (Å²) in [7, 11) is -3.23. The number of aromatic nitrogens is 1. The van der Waals surface area contributed by atoms with Crippen LogP contribution in [-0.2, 0) is 16.4 Å². The second kappa shape index (κ2) is 5.40. The largest absolute Gasteiger partial charge is 0.380 e. The lowest BCUT2D eigenvalue weighted by molar-refractivity contribution is 0.598. The van der Waals surface area contributed by atoms with E-state index in [0.29, 0.717) is 6.54 Å². The first-order valence-electron chi connectivity index (χ1n) is 5.91. The highest BCUT2D eigenvalue weighted by molar-refractivity contribution is 7.90. The van der Waals surface area contributed by atoms with Gasteiger partial charge in [-0.05, 0) is 24.6 Å². The summed E-state index contributed by atoms with van der Waals surface area (Å²) in [5, 5.41) is 3.30. The van der Waals surface area contributed by atoms with Crippen LogP contribution in [0.3, 0.4) is 0 Å². The zero-order valence-corrected chi connectivity index (χ0v) is 11.7. The van der Waals surface area contributed by atoms with Gasteiger partial charge in [0.05, 0.1) is 11.9 Å². The molecule has 4 nitrogen and oxygen atoms in total. The highest BCUT2D eigenvalue weighted by Gasteiger charge is 2.07. The van der Waals surface area contributed by atoms with Crippen molar-refractivity contribution in [1.29, 1.82) is 0 Å². The summed E-state index contributed by atoms with van der Waals surface area (Å²) in [6.07, 6.45) is 2.68. The van der Waals surface area contributed by atoms with Gasteiger partial charge in [-0.3, -0.25) is 0 Å². The lowest BCUT2D eigenvalue weighted by atomic mass is 10.1. The van der Waals surface area contributed by atoms with Gasteiger partial charge < -0.3 is 5.32 Å². The monoisotopic (exact) mass is 276 g/mol. The Kier molecular flexibility index (Phi) is 3.85. The van der Waals surface area contributed by atoms with Crippen molar-refractivity contribution in [2.24, 2.45) is 0 Å². The third kappa shape index (κ3) is 3.79. The van der Waals surface area contributed by atoms with Gasteiger partial charge in [-0.2, -0.15) is 0 Å². The van der Waals surface area contributed by atoms with Gasteiger partial charge >= 0.3 is 0 Å². The average molecular weight is 276 g/mol. The molecular weight excluding hydrogens is 260 g/mol. The molecule has 0 bridgehead atoms. The molecule has 0 atom stereocenters. The van der Waals surface area contributed by atoms with Crippen LogP contribution in [0.15, 0.2) is 47.6 Å². The molecule has 0 aliphatic heterocycles. The molecule has 100 valence electrons. The van der Waals surface area contributed by atoms with Crippen LogP contribution < -0.4 is 5.32 Å². The first-order valence-corrected chi connectivity index (χ1v) is 7.80. The van der Waals surface area contributed by atoms with Gasteiger partial charge in [-0.25, -0.2) is 13.4 Å². The van der Waals surface area contributed by atoms with Gasteiger partial charge in [-0.1, -0.05) is 29.8 Å². The zero-order valence-electron chi connectivity index (χ0n) is 10.9. The molecular formula is C14H16N2O2S. The molecule has 1 aromatic carbocycles. The summed E-state index contributed by atoms with van der Waals surface area (Å²) in [5.41, 5.74) is 3.19. The van der Waals surface area contributed by atoms with Gasteiger partial charge in [0.25, 0.3) is 0 Å². The second-order valence-electron chi connectivity index (χ2n) is 4.50. The molecule has 0 aliphatic rings. The summed E-state index contributed by atoms with van der Waals surface area (Å²) in [5.74, 6) is 0. The average Bonchev–Trinajstić information content (AvgIpc) is 2.36. The van der Waals surface area contributed by atoms with E-state index in [0.717, 1.165) is 11.9 Å². The second-order valence-corrected chi connectivity index (χ2v) is 6.46. The number of nitrogens with zero attached hydrogens (tertiary/aromatic N) is 1.